The molecule has 1 aromatic carbocycles. The van der Waals surface area contributed by atoms with Crippen molar-refractivity contribution in [3.8, 4) is 5.75 Å². The summed E-state index contributed by atoms with van der Waals surface area (Å²) in [5.74, 6) is 0.416. The van der Waals surface area contributed by atoms with Crippen LogP contribution in [-0.4, -0.2) is 18.1 Å². The predicted octanol–water partition coefficient (Wildman–Crippen LogP) is 2.42. The first-order chi connectivity index (χ1) is 8.24. The molecule has 17 heavy (non-hydrogen) atoms. The Hall–Kier alpha value is -1.62. The summed E-state index contributed by atoms with van der Waals surface area (Å²) in [6, 6.07) is 5.29. The first-order valence-corrected chi connectivity index (χ1v) is 5.87. The second kappa shape index (κ2) is 5.14. The lowest BCUT2D eigenvalue weighted by molar-refractivity contribution is -0.385. The largest absolute Gasteiger partial charge is 0.487 e. The second-order valence-corrected chi connectivity index (χ2v) is 4.03. The summed E-state index contributed by atoms with van der Waals surface area (Å²) in [7, 11) is 0. The number of nitrogens with zero attached hydrogens (tertiary/aromatic N) is 1. The molecule has 0 spiro atoms. The Morgan fingerprint density at radius 2 is 2.41 bits per heavy atom. The van der Waals surface area contributed by atoms with Gasteiger partial charge < -0.3 is 10.1 Å². The molecule has 0 amide bonds. The van der Waals surface area contributed by atoms with Gasteiger partial charge in [0.1, 0.15) is 0 Å². The first-order valence-electron chi connectivity index (χ1n) is 5.87. The fourth-order valence-corrected chi connectivity index (χ4v) is 2.21. The van der Waals surface area contributed by atoms with E-state index in [-0.39, 0.29) is 16.7 Å². The van der Waals surface area contributed by atoms with Crippen molar-refractivity contribution >= 4 is 5.69 Å². The minimum absolute atomic E-state index is 0.0538. The summed E-state index contributed by atoms with van der Waals surface area (Å²) in [5, 5.41) is 14.3. The van der Waals surface area contributed by atoms with E-state index < -0.39 is 0 Å². The Morgan fingerprint density at radius 1 is 1.59 bits per heavy atom. The maximum absolute atomic E-state index is 11.0. The zero-order valence-corrected chi connectivity index (χ0v) is 9.81. The molecule has 0 aliphatic carbocycles. The smallest absolute Gasteiger partial charge is 0.311 e. The van der Waals surface area contributed by atoms with E-state index in [1.54, 1.807) is 6.07 Å². The predicted molar refractivity (Wildman–Crippen MR) is 64.2 cm³/mol. The fraction of sp³-hybridized carbons (Fsp3) is 0.500. The van der Waals surface area contributed by atoms with Crippen LogP contribution >= 0.6 is 0 Å². The van der Waals surface area contributed by atoms with Crippen LogP contribution in [-0.2, 0) is 0 Å². The van der Waals surface area contributed by atoms with Gasteiger partial charge in [-0.1, -0.05) is 12.1 Å². The van der Waals surface area contributed by atoms with Gasteiger partial charge in [0.05, 0.1) is 11.5 Å². The van der Waals surface area contributed by atoms with Gasteiger partial charge in [-0.15, -0.1) is 0 Å². The number of benzene rings is 1. The second-order valence-electron chi connectivity index (χ2n) is 4.03. The van der Waals surface area contributed by atoms with Gasteiger partial charge in [0, 0.05) is 17.7 Å². The molecule has 5 nitrogen and oxygen atoms in total. The molecule has 0 saturated carbocycles. The van der Waals surface area contributed by atoms with Crippen molar-refractivity contribution in [1.29, 1.82) is 0 Å². The first kappa shape index (κ1) is 11.9. The van der Waals surface area contributed by atoms with Crippen molar-refractivity contribution in [2.45, 2.75) is 25.8 Å². The van der Waals surface area contributed by atoms with E-state index in [0.29, 0.717) is 12.4 Å². The van der Waals surface area contributed by atoms with E-state index in [1.807, 2.05) is 13.0 Å². The van der Waals surface area contributed by atoms with E-state index in [1.165, 1.54) is 6.07 Å². The molecular formula is C12H16N2O3. The van der Waals surface area contributed by atoms with Gasteiger partial charge in [0.2, 0.25) is 5.75 Å². The van der Waals surface area contributed by atoms with Crippen molar-refractivity contribution < 1.29 is 9.66 Å². The average Bonchev–Trinajstić information content (AvgIpc) is 2.83. The van der Waals surface area contributed by atoms with E-state index in [9.17, 15) is 10.1 Å². The Bertz CT molecular complexity index is 414. The molecule has 2 rings (SSSR count). The van der Waals surface area contributed by atoms with Crippen molar-refractivity contribution in [3.05, 3.63) is 33.9 Å². The molecule has 1 aliphatic rings. The van der Waals surface area contributed by atoms with Gasteiger partial charge in [-0.25, -0.2) is 0 Å². The van der Waals surface area contributed by atoms with Gasteiger partial charge >= 0.3 is 5.69 Å². The van der Waals surface area contributed by atoms with Crippen molar-refractivity contribution in [1.82, 2.24) is 5.32 Å². The highest BCUT2D eigenvalue weighted by molar-refractivity contribution is 5.53. The third kappa shape index (κ3) is 2.39. The van der Waals surface area contributed by atoms with Crippen LogP contribution in [0.15, 0.2) is 18.2 Å². The summed E-state index contributed by atoms with van der Waals surface area (Å²) in [6.45, 7) is 3.23. The number of hydrogen-bond acceptors (Lipinski definition) is 4. The summed E-state index contributed by atoms with van der Waals surface area (Å²) in [6.07, 6.45) is 2.10. The highest BCUT2D eigenvalue weighted by Gasteiger charge is 2.25. The molecule has 0 bridgehead atoms. The molecule has 0 aromatic heterocycles. The zero-order chi connectivity index (χ0) is 12.3. The summed E-state index contributed by atoms with van der Waals surface area (Å²) in [4.78, 5) is 10.6. The topological polar surface area (TPSA) is 64.4 Å². The summed E-state index contributed by atoms with van der Waals surface area (Å²) >= 11 is 0. The molecule has 92 valence electrons. The standard InChI is InChI=1S/C12H16N2O3/c1-2-17-12-9(10-6-4-8-13-10)5-3-7-11(12)14(15)16/h3,5,7,10,13H,2,4,6,8H2,1H3. The van der Waals surface area contributed by atoms with Crippen LogP contribution in [0, 0.1) is 10.1 Å². The SMILES string of the molecule is CCOc1c(C2CCCN2)cccc1[N+](=O)[O-]. The lowest BCUT2D eigenvalue weighted by Crippen LogP contribution is -2.14. The maximum Gasteiger partial charge on any atom is 0.311 e. The van der Waals surface area contributed by atoms with E-state index in [0.717, 1.165) is 24.9 Å². The average molecular weight is 236 g/mol. The Kier molecular flexibility index (Phi) is 3.58. The van der Waals surface area contributed by atoms with Crippen LogP contribution in [0.3, 0.4) is 0 Å². The minimum atomic E-state index is -0.385. The van der Waals surface area contributed by atoms with E-state index >= 15 is 0 Å². The third-order valence-electron chi connectivity index (χ3n) is 2.95. The molecule has 1 N–H and O–H groups in total. The van der Waals surface area contributed by atoms with Crippen molar-refractivity contribution in [2.24, 2.45) is 0 Å². The van der Waals surface area contributed by atoms with Gasteiger partial charge in [0.25, 0.3) is 0 Å². The number of hydrogen-bond donors (Lipinski definition) is 1. The molecule has 1 aliphatic heterocycles. The molecule has 1 fully saturated rings. The fourth-order valence-electron chi connectivity index (χ4n) is 2.21. The van der Waals surface area contributed by atoms with Gasteiger partial charge in [0.15, 0.2) is 0 Å². The van der Waals surface area contributed by atoms with Crippen LogP contribution in [0.2, 0.25) is 0 Å². The van der Waals surface area contributed by atoms with E-state index in [2.05, 4.69) is 5.32 Å². The number of rotatable bonds is 4. The number of nitro groups is 1. The quantitative estimate of drug-likeness (QED) is 0.644. The molecule has 1 unspecified atom stereocenters. The van der Waals surface area contributed by atoms with Crippen molar-refractivity contribution in [2.75, 3.05) is 13.2 Å². The molecule has 1 atom stereocenters. The summed E-state index contributed by atoms with van der Waals surface area (Å²) < 4.78 is 5.46. The monoisotopic (exact) mass is 236 g/mol. The number of nitrogens with one attached hydrogen (secondary N) is 1. The highest BCUT2D eigenvalue weighted by atomic mass is 16.6. The Labute approximate surface area is 99.9 Å². The molecule has 1 saturated heterocycles. The van der Waals surface area contributed by atoms with Crippen LogP contribution in [0.25, 0.3) is 0 Å². The normalized spacial score (nSPS) is 19.2. The number of nitro benzene ring substituents is 1. The van der Waals surface area contributed by atoms with Gasteiger partial charge in [-0.05, 0) is 26.3 Å². The van der Waals surface area contributed by atoms with Gasteiger partial charge in [-0.2, -0.15) is 0 Å². The molecule has 0 radical (unpaired) electrons. The third-order valence-corrected chi connectivity index (χ3v) is 2.95. The molecule has 1 heterocycles. The zero-order valence-electron chi connectivity index (χ0n) is 9.81. The molecule has 5 heteroatoms. The molecule has 1 aromatic rings. The summed E-state index contributed by atoms with van der Waals surface area (Å²) in [5.41, 5.74) is 0.955. The molecular weight excluding hydrogens is 220 g/mol. The Balaban J connectivity index is 2.42. The lowest BCUT2D eigenvalue weighted by Gasteiger charge is -2.15. The number of para-hydroxylation sites is 1. The van der Waals surface area contributed by atoms with Gasteiger partial charge in [-0.3, -0.25) is 10.1 Å². The Morgan fingerprint density at radius 3 is 3.00 bits per heavy atom. The van der Waals surface area contributed by atoms with Crippen LogP contribution in [0.4, 0.5) is 5.69 Å². The highest BCUT2D eigenvalue weighted by Crippen LogP contribution is 2.37. The van der Waals surface area contributed by atoms with E-state index in [4.69, 9.17) is 4.74 Å². The lowest BCUT2D eigenvalue weighted by atomic mass is 10.0. The minimum Gasteiger partial charge on any atom is -0.487 e. The van der Waals surface area contributed by atoms with Crippen LogP contribution < -0.4 is 10.1 Å². The number of ether oxygens (including phenoxy) is 1. The maximum atomic E-state index is 11.0. The van der Waals surface area contributed by atoms with Crippen molar-refractivity contribution in [3.63, 3.8) is 0 Å². The van der Waals surface area contributed by atoms with Crippen LogP contribution in [0.1, 0.15) is 31.4 Å². The van der Waals surface area contributed by atoms with Crippen LogP contribution in [0.5, 0.6) is 5.75 Å².